The van der Waals surface area contributed by atoms with Gasteiger partial charge in [-0.05, 0) is 37.9 Å². The molecule has 4 heteroatoms. The molecular formula is C16H23N3O. The van der Waals surface area contributed by atoms with Crippen LogP contribution in [0.5, 0.6) is 0 Å². The fraction of sp³-hybridized carbons (Fsp3) is 0.500. The van der Waals surface area contributed by atoms with Gasteiger partial charge in [-0.3, -0.25) is 0 Å². The zero-order chi connectivity index (χ0) is 14.0. The molecule has 1 N–H and O–H groups in total. The number of hydrogen-bond acceptors (Lipinski definition) is 4. The van der Waals surface area contributed by atoms with Crippen LogP contribution in [0, 0.1) is 0 Å². The molecule has 0 aliphatic carbocycles. The molecule has 1 aromatic heterocycles. The van der Waals surface area contributed by atoms with Gasteiger partial charge in [-0.15, -0.1) is 10.2 Å². The second kappa shape index (κ2) is 8.48. The molecule has 0 atom stereocenters. The summed E-state index contributed by atoms with van der Waals surface area (Å²) in [6.45, 7) is 4.26. The summed E-state index contributed by atoms with van der Waals surface area (Å²) in [7, 11) is 0. The number of benzene rings is 1. The van der Waals surface area contributed by atoms with Crippen molar-refractivity contribution < 1.29 is 4.42 Å². The van der Waals surface area contributed by atoms with E-state index in [1.165, 1.54) is 12.0 Å². The topological polar surface area (TPSA) is 51.0 Å². The Hall–Kier alpha value is -1.68. The van der Waals surface area contributed by atoms with Crippen LogP contribution in [0.1, 0.15) is 37.1 Å². The van der Waals surface area contributed by atoms with Crippen LogP contribution in [0.15, 0.2) is 34.7 Å². The summed E-state index contributed by atoms with van der Waals surface area (Å²) in [6.07, 6.45) is 4.82. The van der Waals surface area contributed by atoms with E-state index < -0.39 is 0 Å². The molecule has 0 fully saturated rings. The first-order valence-electron chi connectivity index (χ1n) is 7.44. The summed E-state index contributed by atoms with van der Waals surface area (Å²) in [6, 6.07) is 10.4. The van der Waals surface area contributed by atoms with E-state index in [1.54, 1.807) is 0 Å². The van der Waals surface area contributed by atoms with Gasteiger partial charge < -0.3 is 9.73 Å². The summed E-state index contributed by atoms with van der Waals surface area (Å²) >= 11 is 0. The van der Waals surface area contributed by atoms with Gasteiger partial charge in [-0.25, -0.2) is 0 Å². The van der Waals surface area contributed by atoms with Crippen molar-refractivity contribution in [2.75, 3.05) is 13.1 Å². The van der Waals surface area contributed by atoms with Gasteiger partial charge in [0.2, 0.25) is 11.8 Å². The Labute approximate surface area is 120 Å². The second-order valence-electron chi connectivity index (χ2n) is 4.93. The van der Waals surface area contributed by atoms with Crippen molar-refractivity contribution in [1.82, 2.24) is 15.5 Å². The first-order valence-corrected chi connectivity index (χ1v) is 7.44. The minimum Gasteiger partial charge on any atom is -0.425 e. The number of nitrogens with zero attached hydrogens (tertiary/aromatic N) is 2. The average Bonchev–Trinajstić information content (AvgIpc) is 2.94. The van der Waals surface area contributed by atoms with Crippen molar-refractivity contribution in [3.05, 3.63) is 47.7 Å². The lowest BCUT2D eigenvalue weighted by Gasteiger charge is -2.00. The number of hydrogen-bond donors (Lipinski definition) is 1. The lowest BCUT2D eigenvalue weighted by Crippen LogP contribution is -2.16. The Morgan fingerprint density at radius 3 is 2.45 bits per heavy atom. The molecule has 1 heterocycles. The Kier molecular flexibility index (Phi) is 6.24. The maximum atomic E-state index is 5.66. The summed E-state index contributed by atoms with van der Waals surface area (Å²) in [4.78, 5) is 0. The molecule has 0 radical (unpaired) electrons. The van der Waals surface area contributed by atoms with Crippen molar-refractivity contribution in [2.24, 2.45) is 0 Å². The van der Waals surface area contributed by atoms with Gasteiger partial charge in [0.05, 0.1) is 0 Å². The van der Waals surface area contributed by atoms with E-state index in [-0.39, 0.29) is 0 Å². The van der Waals surface area contributed by atoms with Gasteiger partial charge in [0.25, 0.3) is 0 Å². The highest BCUT2D eigenvalue weighted by molar-refractivity contribution is 5.15. The number of nitrogens with one attached hydrogen (secondary N) is 1. The van der Waals surface area contributed by atoms with Gasteiger partial charge in [0.1, 0.15) is 0 Å². The van der Waals surface area contributed by atoms with Crippen LogP contribution in [0.3, 0.4) is 0 Å². The smallest absolute Gasteiger partial charge is 0.216 e. The Balaban J connectivity index is 1.69. The zero-order valence-electron chi connectivity index (χ0n) is 12.1. The summed E-state index contributed by atoms with van der Waals surface area (Å²) in [5, 5.41) is 11.6. The van der Waals surface area contributed by atoms with Crippen molar-refractivity contribution in [3.63, 3.8) is 0 Å². The van der Waals surface area contributed by atoms with Crippen molar-refractivity contribution in [2.45, 2.75) is 39.0 Å². The molecule has 0 unspecified atom stereocenters. The maximum absolute atomic E-state index is 5.66. The fourth-order valence-electron chi connectivity index (χ4n) is 2.05. The van der Waals surface area contributed by atoms with Gasteiger partial charge >= 0.3 is 0 Å². The molecule has 2 rings (SSSR count). The van der Waals surface area contributed by atoms with Crippen LogP contribution < -0.4 is 5.32 Å². The van der Waals surface area contributed by atoms with Gasteiger partial charge in [0.15, 0.2) is 0 Å². The third-order valence-electron chi connectivity index (χ3n) is 3.15. The van der Waals surface area contributed by atoms with E-state index in [0.29, 0.717) is 0 Å². The highest BCUT2D eigenvalue weighted by Crippen LogP contribution is 2.07. The second-order valence-corrected chi connectivity index (χ2v) is 4.93. The van der Waals surface area contributed by atoms with E-state index in [2.05, 4.69) is 46.7 Å². The Bertz CT molecular complexity index is 481. The molecule has 2 aromatic rings. The number of aromatic nitrogens is 2. The molecule has 0 spiro atoms. The highest BCUT2D eigenvalue weighted by Gasteiger charge is 2.06. The van der Waals surface area contributed by atoms with Crippen LogP contribution in [0.25, 0.3) is 0 Å². The monoisotopic (exact) mass is 273 g/mol. The average molecular weight is 273 g/mol. The summed E-state index contributed by atoms with van der Waals surface area (Å²) in [5.74, 6) is 1.50. The molecule has 20 heavy (non-hydrogen) atoms. The minimum atomic E-state index is 0.741. The zero-order valence-corrected chi connectivity index (χ0v) is 12.1. The molecule has 0 bridgehead atoms. The Morgan fingerprint density at radius 2 is 1.70 bits per heavy atom. The minimum absolute atomic E-state index is 0.741. The van der Waals surface area contributed by atoms with Crippen LogP contribution in [0.4, 0.5) is 0 Å². The molecule has 0 saturated carbocycles. The molecular weight excluding hydrogens is 250 g/mol. The molecule has 108 valence electrons. The van der Waals surface area contributed by atoms with E-state index in [0.717, 1.165) is 50.6 Å². The predicted molar refractivity (Wildman–Crippen MR) is 79.6 cm³/mol. The first-order chi connectivity index (χ1) is 9.88. The fourth-order valence-corrected chi connectivity index (χ4v) is 2.05. The molecule has 1 aromatic carbocycles. The van der Waals surface area contributed by atoms with Crippen molar-refractivity contribution in [1.29, 1.82) is 0 Å². The van der Waals surface area contributed by atoms with Crippen LogP contribution in [-0.2, 0) is 19.3 Å². The van der Waals surface area contributed by atoms with E-state index in [9.17, 15) is 0 Å². The lowest BCUT2D eigenvalue weighted by molar-refractivity contribution is 0.441. The third kappa shape index (κ3) is 5.13. The van der Waals surface area contributed by atoms with Gasteiger partial charge in [0, 0.05) is 12.8 Å². The van der Waals surface area contributed by atoms with Gasteiger partial charge in [-0.1, -0.05) is 37.3 Å². The quantitative estimate of drug-likeness (QED) is 0.714. The highest BCUT2D eigenvalue weighted by atomic mass is 16.4. The largest absolute Gasteiger partial charge is 0.425 e. The van der Waals surface area contributed by atoms with Crippen LogP contribution >= 0.6 is 0 Å². The lowest BCUT2D eigenvalue weighted by atomic mass is 10.1. The molecule has 0 aliphatic heterocycles. The number of aryl methyl sites for hydroxylation is 3. The normalized spacial score (nSPS) is 10.8. The van der Waals surface area contributed by atoms with Crippen LogP contribution in [-0.4, -0.2) is 23.3 Å². The third-order valence-corrected chi connectivity index (χ3v) is 3.15. The SMILES string of the molecule is CCCNCCCc1nnc(CCc2ccccc2)o1. The van der Waals surface area contributed by atoms with E-state index in [4.69, 9.17) is 4.42 Å². The van der Waals surface area contributed by atoms with Crippen molar-refractivity contribution in [3.8, 4) is 0 Å². The Morgan fingerprint density at radius 1 is 0.950 bits per heavy atom. The standard InChI is InChI=1S/C16H23N3O/c1-2-12-17-13-6-9-15-18-19-16(20-15)11-10-14-7-4-3-5-8-14/h3-5,7-8,17H,2,6,9-13H2,1H3. The molecule has 0 aliphatic rings. The summed E-state index contributed by atoms with van der Waals surface area (Å²) < 4.78 is 5.66. The van der Waals surface area contributed by atoms with Gasteiger partial charge in [-0.2, -0.15) is 0 Å². The molecule has 0 amide bonds. The maximum Gasteiger partial charge on any atom is 0.216 e. The first kappa shape index (κ1) is 14.7. The van der Waals surface area contributed by atoms with Crippen LogP contribution in [0.2, 0.25) is 0 Å². The molecule has 4 nitrogen and oxygen atoms in total. The van der Waals surface area contributed by atoms with Crippen molar-refractivity contribution >= 4 is 0 Å². The van der Waals surface area contributed by atoms with E-state index >= 15 is 0 Å². The summed E-state index contributed by atoms with van der Waals surface area (Å²) in [5.41, 5.74) is 1.30. The number of rotatable bonds is 9. The van der Waals surface area contributed by atoms with E-state index in [1.807, 2.05) is 6.07 Å². The predicted octanol–water partition coefficient (Wildman–Crippen LogP) is 2.79. The molecule has 0 saturated heterocycles.